The molecule has 1 heterocycles. The second kappa shape index (κ2) is 5.23. The lowest BCUT2D eigenvalue weighted by Crippen LogP contribution is -2.27. The predicted molar refractivity (Wildman–Crippen MR) is 87.0 cm³/mol. The van der Waals surface area contributed by atoms with Gasteiger partial charge < -0.3 is 11.1 Å². The molecule has 2 amide bonds. The fraction of sp³-hybridized carbons (Fsp3) is 0.529. The van der Waals surface area contributed by atoms with Crippen molar-refractivity contribution >= 4 is 28.2 Å². The lowest BCUT2D eigenvalue weighted by molar-refractivity contribution is -0.120. The van der Waals surface area contributed by atoms with Crippen LogP contribution in [0.5, 0.6) is 0 Å². The Bertz CT molecular complexity index is 676. The van der Waals surface area contributed by atoms with Crippen LogP contribution >= 0.6 is 11.3 Å². The zero-order valence-corrected chi connectivity index (χ0v) is 13.2. The summed E-state index contributed by atoms with van der Waals surface area (Å²) in [4.78, 5) is 25.7. The summed E-state index contributed by atoms with van der Waals surface area (Å²) in [6.07, 6.45) is 10.6. The van der Waals surface area contributed by atoms with Crippen molar-refractivity contribution in [2.75, 3.05) is 5.32 Å². The Balaban J connectivity index is 1.60. The number of amides is 2. The van der Waals surface area contributed by atoms with Gasteiger partial charge >= 0.3 is 0 Å². The third-order valence-corrected chi connectivity index (χ3v) is 6.48. The minimum atomic E-state index is -0.414. The molecule has 0 radical (unpaired) electrons. The highest BCUT2D eigenvalue weighted by Gasteiger charge is 2.40. The van der Waals surface area contributed by atoms with Crippen molar-refractivity contribution in [3.63, 3.8) is 0 Å². The van der Waals surface area contributed by atoms with Gasteiger partial charge in [0.05, 0.1) is 5.56 Å². The van der Waals surface area contributed by atoms with Crippen LogP contribution in [0.4, 0.5) is 5.00 Å². The monoisotopic (exact) mass is 316 g/mol. The third kappa shape index (κ3) is 2.19. The van der Waals surface area contributed by atoms with E-state index in [0.29, 0.717) is 22.4 Å². The van der Waals surface area contributed by atoms with E-state index in [4.69, 9.17) is 5.73 Å². The molecular formula is C17H20N2O2S. The molecule has 0 saturated heterocycles. The predicted octanol–water partition coefficient (Wildman–Crippen LogP) is 2.88. The van der Waals surface area contributed by atoms with Crippen molar-refractivity contribution in [2.24, 2.45) is 23.5 Å². The van der Waals surface area contributed by atoms with Gasteiger partial charge in [-0.3, -0.25) is 9.59 Å². The van der Waals surface area contributed by atoms with Crippen molar-refractivity contribution in [3.8, 4) is 0 Å². The normalized spacial score (nSPS) is 28.6. The van der Waals surface area contributed by atoms with E-state index in [9.17, 15) is 9.59 Å². The fourth-order valence-electron chi connectivity index (χ4n) is 4.20. The number of anilines is 1. The summed E-state index contributed by atoms with van der Waals surface area (Å²) >= 11 is 1.55. The summed E-state index contributed by atoms with van der Waals surface area (Å²) in [5.74, 6) is 0.625. The number of rotatable bonds is 3. The van der Waals surface area contributed by atoms with Crippen LogP contribution in [0.25, 0.3) is 0 Å². The molecule has 0 aliphatic heterocycles. The van der Waals surface area contributed by atoms with Crippen LogP contribution in [0.1, 0.15) is 46.5 Å². The summed E-state index contributed by atoms with van der Waals surface area (Å²) in [6, 6.07) is 0. The van der Waals surface area contributed by atoms with Gasteiger partial charge in [0, 0.05) is 10.8 Å². The first kappa shape index (κ1) is 14.0. The number of hydrogen-bond donors (Lipinski definition) is 2. The lowest BCUT2D eigenvalue weighted by atomic mass is 9.92. The van der Waals surface area contributed by atoms with Crippen LogP contribution < -0.4 is 11.1 Å². The topological polar surface area (TPSA) is 72.2 Å². The van der Waals surface area contributed by atoms with E-state index >= 15 is 0 Å². The SMILES string of the molecule is NC(=O)c1c(NC(=O)[C@@H]2C[C@@H]3C=C[C@H]2C3)sc2c1CCCC2. The number of nitrogens with two attached hydrogens (primary N) is 1. The largest absolute Gasteiger partial charge is 0.365 e. The van der Waals surface area contributed by atoms with E-state index in [2.05, 4.69) is 17.5 Å². The molecule has 116 valence electrons. The number of hydrogen-bond acceptors (Lipinski definition) is 3. The maximum Gasteiger partial charge on any atom is 0.251 e. The van der Waals surface area contributed by atoms with Crippen LogP contribution in [-0.4, -0.2) is 11.8 Å². The molecule has 3 aliphatic carbocycles. The number of fused-ring (bicyclic) bond motifs is 3. The molecule has 3 N–H and O–H groups in total. The first-order valence-electron chi connectivity index (χ1n) is 8.07. The van der Waals surface area contributed by atoms with Crippen molar-refractivity contribution in [3.05, 3.63) is 28.2 Å². The molecule has 1 aromatic rings. The lowest BCUT2D eigenvalue weighted by Gasteiger charge is -2.17. The number of primary amides is 1. The highest BCUT2D eigenvalue weighted by atomic mass is 32.1. The molecular weight excluding hydrogens is 296 g/mol. The van der Waals surface area contributed by atoms with Crippen LogP contribution in [0.2, 0.25) is 0 Å². The smallest absolute Gasteiger partial charge is 0.251 e. The van der Waals surface area contributed by atoms with E-state index in [1.807, 2.05) is 0 Å². The first-order chi connectivity index (χ1) is 10.6. The van der Waals surface area contributed by atoms with Gasteiger partial charge in [-0.2, -0.15) is 0 Å². The standard InChI is InChI=1S/C17H20N2O2S/c18-15(20)14-11-3-1-2-4-13(11)22-17(14)19-16(21)12-8-9-5-6-10(12)7-9/h5-6,9-10,12H,1-4,7-8H2,(H2,18,20)(H,19,21)/t9-,10+,12-/m1/s1. The van der Waals surface area contributed by atoms with Gasteiger partial charge in [0.1, 0.15) is 5.00 Å². The molecule has 4 nitrogen and oxygen atoms in total. The Kier molecular flexibility index (Phi) is 3.33. The van der Waals surface area contributed by atoms with E-state index in [-0.39, 0.29) is 11.8 Å². The molecule has 3 atom stereocenters. The van der Waals surface area contributed by atoms with Crippen LogP contribution in [0.15, 0.2) is 12.2 Å². The number of carbonyl (C=O) groups is 2. The van der Waals surface area contributed by atoms with Crippen molar-refractivity contribution < 1.29 is 9.59 Å². The van der Waals surface area contributed by atoms with Gasteiger partial charge in [-0.1, -0.05) is 12.2 Å². The van der Waals surface area contributed by atoms with Gasteiger partial charge in [-0.15, -0.1) is 11.3 Å². The van der Waals surface area contributed by atoms with Crippen molar-refractivity contribution in [1.29, 1.82) is 0 Å². The number of thiophene rings is 1. The Morgan fingerprint density at radius 1 is 1.18 bits per heavy atom. The maximum atomic E-state index is 12.6. The average Bonchev–Trinajstić information content (AvgIpc) is 3.19. The minimum absolute atomic E-state index is 0.0508. The zero-order chi connectivity index (χ0) is 15.3. The Morgan fingerprint density at radius 3 is 2.68 bits per heavy atom. The summed E-state index contributed by atoms with van der Waals surface area (Å²) in [7, 11) is 0. The van der Waals surface area contributed by atoms with E-state index in [1.54, 1.807) is 11.3 Å². The van der Waals surface area contributed by atoms with Crippen LogP contribution in [0.3, 0.4) is 0 Å². The summed E-state index contributed by atoms with van der Waals surface area (Å²) in [5.41, 5.74) is 7.22. The van der Waals surface area contributed by atoms with E-state index < -0.39 is 5.91 Å². The van der Waals surface area contributed by atoms with Gasteiger partial charge in [0.25, 0.3) is 5.91 Å². The average molecular weight is 316 g/mol. The number of carbonyl (C=O) groups excluding carboxylic acids is 2. The molecule has 0 unspecified atom stereocenters. The fourth-order valence-corrected chi connectivity index (χ4v) is 5.50. The van der Waals surface area contributed by atoms with Crippen LogP contribution in [0, 0.1) is 17.8 Å². The van der Waals surface area contributed by atoms with Gasteiger partial charge in [0.2, 0.25) is 5.91 Å². The number of nitrogens with one attached hydrogen (secondary N) is 1. The summed E-state index contributed by atoms with van der Waals surface area (Å²) in [6.45, 7) is 0. The molecule has 2 bridgehead atoms. The van der Waals surface area contributed by atoms with E-state index in [0.717, 1.165) is 44.1 Å². The van der Waals surface area contributed by atoms with Crippen LogP contribution in [-0.2, 0) is 17.6 Å². The Hall–Kier alpha value is -1.62. The second-order valence-electron chi connectivity index (χ2n) is 6.66. The van der Waals surface area contributed by atoms with Gasteiger partial charge in [-0.05, 0) is 55.9 Å². The van der Waals surface area contributed by atoms with Crippen molar-refractivity contribution in [2.45, 2.75) is 38.5 Å². The molecule has 22 heavy (non-hydrogen) atoms. The third-order valence-electron chi connectivity index (χ3n) is 5.27. The maximum absolute atomic E-state index is 12.6. The molecule has 3 aliphatic rings. The number of aryl methyl sites for hydroxylation is 1. The van der Waals surface area contributed by atoms with Gasteiger partial charge in [0.15, 0.2) is 0 Å². The second-order valence-corrected chi connectivity index (χ2v) is 7.76. The highest BCUT2D eigenvalue weighted by molar-refractivity contribution is 7.17. The Morgan fingerprint density at radius 2 is 2.00 bits per heavy atom. The Labute approximate surface area is 133 Å². The minimum Gasteiger partial charge on any atom is -0.365 e. The quantitative estimate of drug-likeness (QED) is 0.842. The van der Waals surface area contributed by atoms with E-state index in [1.165, 1.54) is 4.88 Å². The zero-order valence-electron chi connectivity index (χ0n) is 12.4. The first-order valence-corrected chi connectivity index (χ1v) is 8.88. The summed E-state index contributed by atoms with van der Waals surface area (Å²) in [5, 5.41) is 3.70. The van der Waals surface area contributed by atoms with Crippen molar-refractivity contribution in [1.82, 2.24) is 0 Å². The molecule has 1 saturated carbocycles. The molecule has 5 heteroatoms. The molecule has 0 spiro atoms. The summed E-state index contributed by atoms with van der Waals surface area (Å²) < 4.78 is 0. The molecule has 1 aromatic heterocycles. The molecule has 0 aromatic carbocycles. The number of allylic oxidation sites excluding steroid dienone is 2. The molecule has 4 rings (SSSR count). The molecule has 1 fully saturated rings. The van der Waals surface area contributed by atoms with Gasteiger partial charge in [-0.25, -0.2) is 0 Å². The highest BCUT2D eigenvalue weighted by Crippen LogP contribution is 2.44.